The second kappa shape index (κ2) is 10.6. The van der Waals surface area contributed by atoms with Crippen molar-refractivity contribution < 1.29 is 9.59 Å². The van der Waals surface area contributed by atoms with E-state index in [-0.39, 0.29) is 11.9 Å². The summed E-state index contributed by atoms with van der Waals surface area (Å²) in [4.78, 5) is 25.9. The second-order valence-corrected chi connectivity index (χ2v) is 7.70. The molecule has 0 atom stereocenters. The van der Waals surface area contributed by atoms with Crippen LogP contribution in [0.4, 0.5) is 10.5 Å². The van der Waals surface area contributed by atoms with Gasteiger partial charge < -0.3 is 15.5 Å². The fraction of sp³-hybridized carbons (Fsp3) is 0.417. The summed E-state index contributed by atoms with van der Waals surface area (Å²) in [5.74, 6) is 0.226. The van der Waals surface area contributed by atoms with Gasteiger partial charge in [0.1, 0.15) is 0 Å². The Kier molecular flexibility index (Phi) is 7.68. The number of urea groups is 1. The molecule has 2 N–H and O–H groups in total. The Balaban J connectivity index is 1.45. The van der Waals surface area contributed by atoms with Gasteiger partial charge >= 0.3 is 6.03 Å². The quantitative estimate of drug-likeness (QED) is 0.598. The van der Waals surface area contributed by atoms with Crippen LogP contribution in [0, 0.1) is 0 Å². The van der Waals surface area contributed by atoms with E-state index in [1.54, 1.807) is 0 Å². The van der Waals surface area contributed by atoms with E-state index in [4.69, 9.17) is 0 Å². The lowest BCUT2D eigenvalue weighted by Crippen LogP contribution is -2.28. The molecule has 0 aromatic heterocycles. The van der Waals surface area contributed by atoms with Crippen LogP contribution in [0.15, 0.2) is 48.5 Å². The number of nitrogens with one attached hydrogen (secondary N) is 2. The molecule has 1 fully saturated rings. The maximum Gasteiger partial charge on any atom is 0.319 e. The largest absolute Gasteiger partial charge is 0.338 e. The third-order valence-electron chi connectivity index (χ3n) is 5.27. The Bertz CT molecular complexity index is 817. The Morgan fingerprint density at radius 2 is 1.83 bits per heavy atom. The summed E-state index contributed by atoms with van der Waals surface area (Å²) in [7, 11) is 0. The van der Waals surface area contributed by atoms with Crippen LogP contribution >= 0.6 is 0 Å². The molecule has 5 nitrogen and oxygen atoms in total. The van der Waals surface area contributed by atoms with Crippen molar-refractivity contribution in [3.63, 3.8) is 0 Å². The highest BCUT2D eigenvalue weighted by Gasteiger charge is 2.19. The van der Waals surface area contributed by atoms with Crippen molar-refractivity contribution in [2.75, 3.05) is 11.9 Å². The van der Waals surface area contributed by atoms with Crippen molar-refractivity contribution >= 4 is 17.6 Å². The number of likely N-dealkylation sites (tertiary alicyclic amines) is 1. The maximum atomic E-state index is 12.2. The van der Waals surface area contributed by atoms with Crippen LogP contribution in [-0.2, 0) is 24.3 Å². The molecular formula is C24H31N3O2. The molecule has 0 spiro atoms. The molecular weight excluding hydrogens is 362 g/mol. The zero-order chi connectivity index (χ0) is 20.5. The Hall–Kier alpha value is -2.82. The lowest BCUT2D eigenvalue weighted by atomic mass is 10.1. The van der Waals surface area contributed by atoms with Gasteiger partial charge in [-0.2, -0.15) is 0 Å². The number of benzene rings is 2. The second-order valence-electron chi connectivity index (χ2n) is 7.70. The normalized spacial score (nSPS) is 13.6. The molecule has 0 saturated carbocycles. The van der Waals surface area contributed by atoms with Crippen molar-refractivity contribution in [1.29, 1.82) is 0 Å². The summed E-state index contributed by atoms with van der Waals surface area (Å²) in [6.45, 7) is 4.13. The summed E-state index contributed by atoms with van der Waals surface area (Å²) in [5.41, 5.74) is 4.22. The first kappa shape index (κ1) is 20.9. The molecule has 154 valence electrons. The van der Waals surface area contributed by atoms with Crippen LogP contribution in [0.25, 0.3) is 0 Å². The highest BCUT2D eigenvalue weighted by molar-refractivity contribution is 5.89. The maximum absolute atomic E-state index is 12.2. The van der Waals surface area contributed by atoms with Gasteiger partial charge in [-0.1, -0.05) is 56.2 Å². The van der Waals surface area contributed by atoms with Crippen molar-refractivity contribution in [3.05, 3.63) is 65.2 Å². The number of carbonyl (C=O) groups excluding carboxylic acids is 2. The number of aryl methyl sites for hydroxylation is 1. The summed E-state index contributed by atoms with van der Waals surface area (Å²) < 4.78 is 0. The molecule has 1 saturated heterocycles. The summed E-state index contributed by atoms with van der Waals surface area (Å²) >= 11 is 0. The number of carbonyl (C=O) groups is 2. The number of rotatable bonds is 9. The molecule has 2 aromatic carbocycles. The van der Waals surface area contributed by atoms with Crippen LogP contribution in [0.1, 0.15) is 55.7 Å². The van der Waals surface area contributed by atoms with E-state index in [9.17, 15) is 9.59 Å². The van der Waals surface area contributed by atoms with Gasteiger partial charge in [-0.3, -0.25) is 4.79 Å². The van der Waals surface area contributed by atoms with E-state index in [0.717, 1.165) is 36.2 Å². The van der Waals surface area contributed by atoms with Crippen molar-refractivity contribution in [1.82, 2.24) is 10.2 Å². The van der Waals surface area contributed by atoms with Crippen molar-refractivity contribution in [2.45, 2.75) is 58.5 Å². The van der Waals surface area contributed by atoms with Crippen LogP contribution in [0.5, 0.6) is 0 Å². The van der Waals surface area contributed by atoms with Gasteiger partial charge in [0.15, 0.2) is 0 Å². The molecule has 0 aliphatic carbocycles. The van der Waals surface area contributed by atoms with E-state index in [1.165, 1.54) is 24.8 Å². The first-order chi connectivity index (χ1) is 14.1. The van der Waals surface area contributed by atoms with Crippen molar-refractivity contribution in [3.8, 4) is 0 Å². The fourth-order valence-corrected chi connectivity index (χ4v) is 3.62. The van der Waals surface area contributed by atoms with Gasteiger partial charge in [-0.05, 0) is 48.1 Å². The molecule has 5 heteroatoms. The lowest BCUT2D eigenvalue weighted by molar-refractivity contribution is -0.128. The van der Waals surface area contributed by atoms with Crippen molar-refractivity contribution in [2.24, 2.45) is 0 Å². The number of anilines is 1. The molecule has 3 amide bonds. The van der Waals surface area contributed by atoms with E-state index >= 15 is 0 Å². The average molecular weight is 394 g/mol. The summed E-state index contributed by atoms with van der Waals surface area (Å²) in [6, 6.07) is 15.9. The fourth-order valence-electron chi connectivity index (χ4n) is 3.62. The summed E-state index contributed by atoms with van der Waals surface area (Å²) in [5, 5.41) is 5.79. The number of amides is 3. The smallest absolute Gasteiger partial charge is 0.319 e. The third-order valence-corrected chi connectivity index (χ3v) is 5.27. The highest BCUT2D eigenvalue weighted by atomic mass is 16.2. The van der Waals surface area contributed by atoms with Crippen LogP contribution in [-0.4, -0.2) is 23.4 Å². The van der Waals surface area contributed by atoms with E-state index in [2.05, 4.69) is 35.8 Å². The molecule has 1 aliphatic rings. The molecule has 29 heavy (non-hydrogen) atoms. The molecule has 0 unspecified atom stereocenters. The molecule has 1 heterocycles. The summed E-state index contributed by atoms with van der Waals surface area (Å²) in [6.07, 6.45) is 6.35. The molecule has 3 rings (SSSR count). The minimum absolute atomic E-state index is 0.219. The van der Waals surface area contributed by atoms with Crippen LogP contribution < -0.4 is 10.6 Å². The average Bonchev–Trinajstić information content (AvgIpc) is 3.13. The first-order valence-corrected chi connectivity index (χ1v) is 10.6. The lowest BCUT2D eigenvalue weighted by Gasteiger charge is -2.16. The Morgan fingerprint density at radius 3 is 2.55 bits per heavy atom. The number of unbranched alkanes of at least 4 members (excludes halogenated alkanes) is 2. The van der Waals surface area contributed by atoms with E-state index in [1.807, 2.05) is 35.2 Å². The van der Waals surface area contributed by atoms with Gasteiger partial charge in [-0.15, -0.1) is 0 Å². The minimum Gasteiger partial charge on any atom is -0.338 e. The minimum atomic E-state index is -0.219. The Morgan fingerprint density at radius 1 is 1.03 bits per heavy atom. The molecule has 0 radical (unpaired) electrons. The monoisotopic (exact) mass is 393 g/mol. The van der Waals surface area contributed by atoms with Gasteiger partial charge in [0.25, 0.3) is 0 Å². The van der Waals surface area contributed by atoms with Crippen LogP contribution in [0.2, 0.25) is 0 Å². The standard InChI is InChI=1S/C24H31N3O2/c1-2-3-4-7-19-11-13-22(14-12-19)26-24(29)25-17-20-8-5-9-21(16-20)18-27-15-6-10-23(27)28/h5,8-9,11-14,16H,2-4,6-7,10,15,17-18H2,1H3,(H2,25,26,29). The van der Waals surface area contributed by atoms with Gasteiger partial charge in [0.2, 0.25) is 5.91 Å². The molecule has 0 bridgehead atoms. The predicted molar refractivity (Wildman–Crippen MR) is 117 cm³/mol. The zero-order valence-electron chi connectivity index (χ0n) is 17.2. The Labute approximate surface area is 173 Å². The van der Waals surface area contributed by atoms with E-state index in [0.29, 0.717) is 19.5 Å². The SMILES string of the molecule is CCCCCc1ccc(NC(=O)NCc2cccc(CN3CCCC3=O)c2)cc1. The van der Waals surface area contributed by atoms with Gasteiger partial charge in [0.05, 0.1) is 0 Å². The van der Waals surface area contributed by atoms with Gasteiger partial charge in [-0.25, -0.2) is 4.79 Å². The van der Waals surface area contributed by atoms with Crippen LogP contribution in [0.3, 0.4) is 0 Å². The predicted octanol–water partition coefficient (Wildman–Crippen LogP) is 4.86. The topological polar surface area (TPSA) is 61.4 Å². The van der Waals surface area contributed by atoms with E-state index < -0.39 is 0 Å². The third kappa shape index (κ3) is 6.63. The number of hydrogen-bond donors (Lipinski definition) is 2. The molecule has 2 aromatic rings. The first-order valence-electron chi connectivity index (χ1n) is 10.6. The highest BCUT2D eigenvalue weighted by Crippen LogP contribution is 2.15. The number of hydrogen-bond acceptors (Lipinski definition) is 2. The number of nitrogens with zero attached hydrogens (tertiary/aromatic N) is 1. The molecule has 1 aliphatic heterocycles. The zero-order valence-corrected chi connectivity index (χ0v) is 17.2. The van der Waals surface area contributed by atoms with Gasteiger partial charge in [0, 0.05) is 31.7 Å².